The van der Waals surface area contributed by atoms with Crippen LogP contribution in [0.25, 0.3) is 0 Å². The van der Waals surface area contributed by atoms with Crippen molar-refractivity contribution >= 4 is 11.8 Å². The first-order chi connectivity index (χ1) is 14.9. The molecule has 7 nitrogen and oxygen atoms in total. The SMILES string of the molecule is C=C[C@]1(C)C[C@@H](OC(=O)CN(N=N)C(C)C)[C@]2(C)[C@H](C)CC[C@]3(CCC(=O)[C@H]32)[C@@H](C)[C@@H]1O. The fourth-order valence-electron chi connectivity index (χ4n) is 7.16. The molecule has 3 fully saturated rings. The molecule has 8 atom stereocenters. The number of aliphatic hydroxyl groups excluding tert-OH is 1. The molecule has 32 heavy (non-hydrogen) atoms. The van der Waals surface area contributed by atoms with Crippen molar-refractivity contribution in [2.75, 3.05) is 6.54 Å². The molecule has 3 aliphatic carbocycles. The Labute approximate surface area is 192 Å². The van der Waals surface area contributed by atoms with E-state index in [1.165, 1.54) is 5.01 Å². The first kappa shape index (κ1) is 24.9. The fraction of sp³-hybridized carbons (Fsp3) is 0.840. The molecular weight excluding hydrogens is 406 g/mol. The summed E-state index contributed by atoms with van der Waals surface area (Å²) >= 11 is 0. The predicted octanol–water partition coefficient (Wildman–Crippen LogP) is 4.55. The molecule has 3 aliphatic rings. The number of hydrogen-bond acceptors (Lipinski definition) is 6. The van der Waals surface area contributed by atoms with E-state index >= 15 is 0 Å². The van der Waals surface area contributed by atoms with E-state index in [-0.39, 0.29) is 41.5 Å². The van der Waals surface area contributed by atoms with Crippen LogP contribution < -0.4 is 0 Å². The summed E-state index contributed by atoms with van der Waals surface area (Å²) in [5.74, 6) is -0.309. The Bertz CT molecular complexity index is 785. The number of nitrogens with one attached hydrogen (secondary N) is 1. The first-order valence-corrected chi connectivity index (χ1v) is 12.0. The average Bonchev–Trinajstić information content (AvgIpc) is 3.10. The number of carbonyl (C=O) groups excluding carboxylic acids is 2. The van der Waals surface area contributed by atoms with Gasteiger partial charge in [-0.05, 0) is 56.8 Å². The van der Waals surface area contributed by atoms with E-state index in [0.29, 0.717) is 12.8 Å². The van der Waals surface area contributed by atoms with Gasteiger partial charge >= 0.3 is 5.97 Å². The van der Waals surface area contributed by atoms with Crippen molar-refractivity contribution in [2.24, 2.45) is 39.2 Å². The molecule has 0 spiro atoms. The molecular formula is C25H41N3O4. The second-order valence-electron chi connectivity index (χ2n) is 11.4. The lowest BCUT2D eigenvalue weighted by molar-refractivity contribution is -0.207. The molecule has 0 aliphatic heterocycles. The minimum Gasteiger partial charge on any atom is -0.460 e. The van der Waals surface area contributed by atoms with Crippen molar-refractivity contribution in [1.82, 2.24) is 5.01 Å². The van der Waals surface area contributed by atoms with Crippen LogP contribution in [0.2, 0.25) is 0 Å². The van der Waals surface area contributed by atoms with E-state index in [0.717, 1.165) is 19.3 Å². The van der Waals surface area contributed by atoms with Crippen LogP contribution in [0.1, 0.15) is 73.6 Å². The van der Waals surface area contributed by atoms with Crippen LogP contribution in [0.15, 0.2) is 17.9 Å². The molecule has 0 aromatic heterocycles. The van der Waals surface area contributed by atoms with Gasteiger partial charge in [-0.3, -0.25) is 14.6 Å². The molecule has 0 saturated heterocycles. The quantitative estimate of drug-likeness (QED) is 0.269. The Morgan fingerprint density at radius 1 is 1.38 bits per heavy atom. The molecule has 3 rings (SSSR count). The second-order valence-corrected chi connectivity index (χ2v) is 11.4. The van der Waals surface area contributed by atoms with E-state index in [2.05, 4.69) is 32.6 Å². The smallest absolute Gasteiger partial charge is 0.327 e. The summed E-state index contributed by atoms with van der Waals surface area (Å²) in [6, 6.07) is -0.105. The predicted molar refractivity (Wildman–Crippen MR) is 122 cm³/mol. The Balaban J connectivity index is 2.08. The molecule has 0 unspecified atom stereocenters. The normalized spacial score (nSPS) is 43.8. The number of carbonyl (C=O) groups is 2. The standard InChI is InChI=1S/C25H41N3O4/c1-8-23(6)13-19(32-20(30)14-28(27-26)15(2)3)24(7)16(4)9-11-25(17(5)22(23)31)12-10-18(29)21(24)25/h8,15-17,19,21-22,26,31H,1,9-14H2,2-7H3/t16-,17+,19-,21+,22+,23-,24+,25+/m1/s1. The van der Waals surface area contributed by atoms with Crippen molar-refractivity contribution in [2.45, 2.75) is 91.9 Å². The maximum Gasteiger partial charge on any atom is 0.327 e. The molecule has 3 saturated carbocycles. The lowest BCUT2D eigenvalue weighted by Gasteiger charge is -2.61. The number of rotatable bonds is 6. The van der Waals surface area contributed by atoms with Gasteiger partial charge in [-0.1, -0.05) is 39.0 Å². The topological polar surface area (TPSA) is 103 Å². The Morgan fingerprint density at radius 2 is 2.03 bits per heavy atom. The minimum atomic E-state index is -0.678. The van der Waals surface area contributed by atoms with Crippen molar-refractivity contribution < 1.29 is 19.4 Å². The van der Waals surface area contributed by atoms with Crippen LogP contribution in [-0.4, -0.2) is 46.7 Å². The highest BCUT2D eigenvalue weighted by molar-refractivity contribution is 5.85. The third-order valence-electron chi connectivity index (χ3n) is 9.59. The van der Waals surface area contributed by atoms with Gasteiger partial charge in [0.05, 0.1) is 6.10 Å². The third-order valence-corrected chi connectivity index (χ3v) is 9.59. The van der Waals surface area contributed by atoms with Gasteiger partial charge in [0.25, 0.3) is 0 Å². The molecule has 0 aromatic rings. The van der Waals surface area contributed by atoms with Gasteiger partial charge in [0, 0.05) is 29.2 Å². The highest BCUT2D eigenvalue weighted by Crippen LogP contribution is 2.67. The number of hydrogen-bond donors (Lipinski definition) is 2. The summed E-state index contributed by atoms with van der Waals surface area (Å²) in [6.45, 7) is 16.0. The number of ketones is 1. The van der Waals surface area contributed by atoms with Crippen molar-refractivity contribution in [3.05, 3.63) is 12.7 Å². The minimum absolute atomic E-state index is 0.0519. The number of Topliss-reactive ketones (excluding diaryl/α,β-unsaturated/α-hetero) is 1. The van der Waals surface area contributed by atoms with Crippen LogP contribution >= 0.6 is 0 Å². The Kier molecular flexibility index (Phi) is 6.64. The van der Waals surface area contributed by atoms with Crippen LogP contribution in [0.3, 0.4) is 0 Å². The van der Waals surface area contributed by atoms with E-state index in [1.807, 2.05) is 20.8 Å². The van der Waals surface area contributed by atoms with Crippen LogP contribution in [0, 0.1) is 39.5 Å². The fourth-order valence-corrected chi connectivity index (χ4v) is 7.16. The van der Waals surface area contributed by atoms with Crippen LogP contribution in [0.4, 0.5) is 0 Å². The van der Waals surface area contributed by atoms with E-state index < -0.39 is 29.0 Å². The molecule has 0 heterocycles. The van der Waals surface area contributed by atoms with Crippen molar-refractivity contribution in [3.8, 4) is 0 Å². The van der Waals surface area contributed by atoms with Crippen LogP contribution in [0.5, 0.6) is 0 Å². The number of ether oxygens (including phenoxy) is 1. The summed E-state index contributed by atoms with van der Waals surface area (Å²) in [7, 11) is 0. The zero-order valence-electron chi connectivity index (χ0n) is 20.6. The lowest BCUT2D eigenvalue weighted by atomic mass is 9.44. The largest absolute Gasteiger partial charge is 0.460 e. The summed E-state index contributed by atoms with van der Waals surface area (Å²) in [4.78, 5) is 26.4. The highest BCUT2D eigenvalue weighted by atomic mass is 16.5. The maximum absolute atomic E-state index is 13.4. The third kappa shape index (κ3) is 3.61. The average molecular weight is 448 g/mol. The zero-order chi connectivity index (χ0) is 24.1. The summed E-state index contributed by atoms with van der Waals surface area (Å²) in [5, 5.41) is 16.4. The number of aliphatic hydroxyl groups is 1. The van der Waals surface area contributed by atoms with Gasteiger partial charge in [0.1, 0.15) is 18.4 Å². The maximum atomic E-state index is 13.4. The number of esters is 1. The second kappa shape index (κ2) is 8.54. The summed E-state index contributed by atoms with van der Waals surface area (Å²) in [6.07, 6.45) is 4.14. The monoisotopic (exact) mass is 447 g/mol. The molecule has 0 radical (unpaired) electrons. The highest BCUT2D eigenvalue weighted by Gasteiger charge is 2.68. The lowest BCUT2D eigenvalue weighted by Crippen LogP contribution is -2.63. The molecule has 0 aromatic carbocycles. The van der Waals surface area contributed by atoms with Gasteiger partial charge in [0.15, 0.2) is 0 Å². The first-order valence-electron chi connectivity index (χ1n) is 12.0. The van der Waals surface area contributed by atoms with E-state index in [9.17, 15) is 14.7 Å². The van der Waals surface area contributed by atoms with Gasteiger partial charge < -0.3 is 9.84 Å². The van der Waals surface area contributed by atoms with Gasteiger partial charge in [-0.25, -0.2) is 0 Å². The van der Waals surface area contributed by atoms with E-state index in [4.69, 9.17) is 10.3 Å². The van der Waals surface area contributed by atoms with Gasteiger partial charge in [-0.2, -0.15) is 5.53 Å². The number of nitrogens with zero attached hydrogens (tertiary/aromatic N) is 2. The molecule has 2 N–H and O–H groups in total. The van der Waals surface area contributed by atoms with Crippen molar-refractivity contribution in [1.29, 1.82) is 5.53 Å². The molecule has 2 bridgehead atoms. The van der Waals surface area contributed by atoms with Crippen molar-refractivity contribution in [3.63, 3.8) is 0 Å². The van der Waals surface area contributed by atoms with Gasteiger partial charge in [0.2, 0.25) is 0 Å². The molecule has 180 valence electrons. The molecule has 0 amide bonds. The summed E-state index contributed by atoms with van der Waals surface area (Å²) < 4.78 is 6.17. The Morgan fingerprint density at radius 3 is 2.59 bits per heavy atom. The van der Waals surface area contributed by atoms with Crippen LogP contribution in [-0.2, 0) is 14.3 Å². The van der Waals surface area contributed by atoms with Gasteiger partial charge in [-0.15, -0.1) is 6.58 Å². The summed E-state index contributed by atoms with van der Waals surface area (Å²) in [5.41, 5.74) is 5.90. The molecule has 7 heteroatoms. The Hall–Kier alpha value is -1.76. The van der Waals surface area contributed by atoms with E-state index in [1.54, 1.807) is 6.08 Å². The zero-order valence-corrected chi connectivity index (χ0v) is 20.6.